The maximum Gasteiger partial charge on any atom is 0.0555 e. The third kappa shape index (κ3) is 4.06. The Morgan fingerprint density at radius 1 is 0.688 bits per heavy atom. The number of aliphatic hydroxyl groups is 1. The van der Waals surface area contributed by atoms with Gasteiger partial charge in [-0.15, -0.1) is 0 Å². The predicted molar refractivity (Wildman–Crippen MR) is 67.5 cm³/mol. The number of rotatable bonds is 2. The van der Waals surface area contributed by atoms with Crippen LogP contribution in [0, 0.1) is 0 Å². The summed E-state index contributed by atoms with van der Waals surface area (Å²) >= 11 is 0. The van der Waals surface area contributed by atoms with E-state index in [0.717, 1.165) is 18.9 Å². The van der Waals surface area contributed by atoms with Crippen molar-refractivity contribution in [3.63, 3.8) is 0 Å². The molecule has 2 fully saturated rings. The summed E-state index contributed by atoms with van der Waals surface area (Å²) in [5.41, 5.74) is 0. The molecule has 0 aromatic rings. The van der Waals surface area contributed by atoms with E-state index in [2.05, 4.69) is 5.32 Å². The molecular formula is C14H27NO. The van der Waals surface area contributed by atoms with Crippen LogP contribution in [0.4, 0.5) is 0 Å². The Kier molecular flexibility index (Phi) is 5.11. The van der Waals surface area contributed by atoms with E-state index in [1.165, 1.54) is 57.8 Å². The molecule has 94 valence electrons. The molecule has 2 aliphatic rings. The SMILES string of the molecule is OC1CCCC(NC2CCCCCCC2)C1. The molecule has 0 aromatic carbocycles. The third-order valence-corrected chi connectivity index (χ3v) is 4.22. The molecular weight excluding hydrogens is 198 g/mol. The number of nitrogens with one attached hydrogen (secondary N) is 1. The van der Waals surface area contributed by atoms with E-state index in [-0.39, 0.29) is 6.10 Å². The van der Waals surface area contributed by atoms with Crippen molar-refractivity contribution in [2.75, 3.05) is 0 Å². The Morgan fingerprint density at radius 3 is 2.00 bits per heavy atom. The van der Waals surface area contributed by atoms with Crippen LogP contribution >= 0.6 is 0 Å². The smallest absolute Gasteiger partial charge is 0.0555 e. The van der Waals surface area contributed by atoms with Crippen LogP contribution in [0.15, 0.2) is 0 Å². The minimum absolute atomic E-state index is 0.0418. The van der Waals surface area contributed by atoms with Gasteiger partial charge in [-0.1, -0.05) is 32.1 Å². The average Bonchev–Trinajstić information content (AvgIpc) is 2.22. The van der Waals surface area contributed by atoms with E-state index in [9.17, 15) is 5.11 Å². The first-order chi connectivity index (χ1) is 7.84. The van der Waals surface area contributed by atoms with Gasteiger partial charge >= 0.3 is 0 Å². The molecule has 2 rings (SSSR count). The first kappa shape index (κ1) is 12.4. The van der Waals surface area contributed by atoms with Crippen molar-refractivity contribution in [3.8, 4) is 0 Å². The second-order valence-electron chi connectivity index (χ2n) is 5.73. The quantitative estimate of drug-likeness (QED) is 0.757. The summed E-state index contributed by atoms with van der Waals surface area (Å²) in [6.45, 7) is 0. The topological polar surface area (TPSA) is 32.3 Å². The zero-order valence-corrected chi connectivity index (χ0v) is 10.5. The molecule has 0 bridgehead atoms. The van der Waals surface area contributed by atoms with E-state index < -0.39 is 0 Å². The van der Waals surface area contributed by atoms with Crippen molar-refractivity contribution >= 4 is 0 Å². The normalized spacial score (nSPS) is 34.3. The lowest BCUT2D eigenvalue weighted by molar-refractivity contribution is 0.107. The minimum atomic E-state index is -0.0418. The molecule has 2 nitrogen and oxygen atoms in total. The third-order valence-electron chi connectivity index (χ3n) is 4.22. The van der Waals surface area contributed by atoms with Gasteiger partial charge in [0.2, 0.25) is 0 Å². The fourth-order valence-electron chi connectivity index (χ4n) is 3.27. The summed E-state index contributed by atoms with van der Waals surface area (Å²) in [4.78, 5) is 0. The number of aliphatic hydroxyl groups excluding tert-OH is 1. The van der Waals surface area contributed by atoms with Gasteiger partial charge in [0.1, 0.15) is 0 Å². The van der Waals surface area contributed by atoms with E-state index in [4.69, 9.17) is 0 Å². The maximum absolute atomic E-state index is 9.67. The van der Waals surface area contributed by atoms with Crippen LogP contribution < -0.4 is 5.32 Å². The van der Waals surface area contributed by atoms with Crippen molar-refractivity contribution in [2.24, 2.45) is 0 Å². The first-order valence-corrected chi connectivity index (χ1v) is 7.29. The lowest BCUT2D eigenvalue weighted by Crippen LogP contribution is -2.42. The summed E-state index contributed by atoms with van der Waals surface area (Å²) in [6, 6.07) is 1.32. The summed E-state index contributed by atoms with van der Waals surface area (Å²) in [7, 11) is 0. The molecule has 0 spiro atoms. The highest BCUT2D eigenvalue weighted by molar-refractivity contribution is 4.81. The molecule has 0 amide bonds. The molecule has 0 radical (unpaired) electrons. The van der Waals surface area contributed by atoms with Crippen molar-refractivity contribution < 1.29 is 5.11 Å². The maximum atomic E-state index is 9.67. The molecule has 2 atom stereocenters. The second-order valence-corrected chi connectivity index (χ2v) is 5.73. The Bertz CT molecular complexity index is 187. The highest BCUT2D eigenvalue weighted by Crippen LogP contribution is 2.22. The standard InChI is InChI=1S/C14H27NO/c16-14-10-6-9-13(11-14)15-12-7-4-2-1-3-5-8-12/h12-16H,1-11H2. The Morgan fingerprint density at radius 2 is 1.31 bits per heavy atom. The van der Waals surface area contributed by atoms with Gasteiger partial charge in [0.05, 0.1) is 6.10 Å². The fourth-order valence-corrected chi connectivity index (χ4v) is 3.27. The number of hydrogen-bond acceptors (Lipinski definition) is 2. The van der Waals surface area contributed by atoms with E-state index in [1.807, 2.05) is 0 Å². The summed E-state index contributed by atoms with van der Waals surface area (Å²) in [6.07, 6.45) is 14.2. The van der Waals surface area contributed by atoms with E-state index in [0.29, 0.717) is 6.04 Å². The van der Waals surface area contributed by atoms with Gasteiger partial charge in [0, 0.05) is 12.1 Å². The first-order valence-electron chi connectivity index (χ1n) is 7.29. The van der Waals surface area contributed by atoms with Crippen LogP contribution in [0.25, 0.3) is 0 Å². The molecule has 0 heterocycles. The lowest BCUT2D eigenvalue weighted by Gasteiger charge is -2.31. The summed E-state index contributed by atoms with van der Waals surface area (Å²) < 4.78 is 0. The zero-order chi connectivity index (χ0) is 11.2. The van der Waals surface area contributed by atoms with Gasteiger partial charge in [-0.2, -0.15) is 0 Å². The summed E-state index contributed by atoms with van der Waals surface area (Å²) in [5, 5.41) is 13.5. The minimum Gasteiger partial charge on any atom is -0.393 e. The predicted octanol–water partition coefficient (Wildman–Crippen LogP) is 2.99. The molecule has 2 saturated carbocycles. The molecule has 2 N–H and O–H groups in total. The Hall–Kier alpha value is -0.0800. The van der Waals surface area contributed by atoms with Crippen LogP contribution in [-0.2, 0) is 0 Å². The van der Waals surface area contributed by atoms with Crippen LogP contribution in [0.2, 0.25) is 0 Å². The molecule has 2 unspecified atom stereocenters. The van der Waals surface area contributed by atoms with Crippen LogP contribution in [0.5, 0.6) is 0 Å². The monoisotopic (exact) mass is 225 g/mol. The largest absolute Gasteiger partial charge is 0.393 e. The highest BCUT2D eigenvalue weighted by atomic mass is 16.3. The van der Waals surface area contributed by atoms with Gasteiger partial charge in [-0.3, -0.25) is 0 Å². The molecule has 0 aromatic heterocycles. The highest BCUT2D eigenvalue weighted by Gasteiger charge is 2.22. The molecule has 2 heteroatoms. The molecule has 0 saturated heterocycles. The van der Waals surface area contributed by atoms with Crippen LogP contribution in [0.3, 0.4) is 0 Å². The molecule has 2 aliphatic carbocycles. The van der Waals surface area contributed by atoms with Crippen molar-refractivity contribution in [3.05, 3.63) is 0 Å². The van der Waals surface area contributed by atoms with Crippen molar-refractivity contribution in [2.45, 2.75) is 88.8 Å². The van der Waals surface area contributed by atoms with Gasteiger partial charge in [-0.05, 0) is 38.5 Å². The Balaban J connectivity index is 1.73. The van der Waals surface area contributed by atoms with Gasteiger partial charge in [0.15, 0.2) is 0 Å². The van der Waals surface area contributed by atoms with E-state index >= 15 is 0 Å². The number of hydrogen-bond donors (Lipinski definition) is 2. The summed E-state index contributed by atoms with van der Waals surface area (Å²) in [5.74, 6) is 0. The zero-order valence-electron chi connectivity index (χ0n) is 10.5. The van der Waals surface area contributed by atoms with Crippen LogP contribution in [-0.4, -0.2) is 23.3 Å². The lowest BCUT2D eigenvalue weighted by atomic mass is 9.90. The van der Waals surface area contributed by atoms with Crippen molar-refractivity contribution in [1.82, 2.24) is 5.32 Å². The van der Waals surface area contributed by atoms with Gasteiger partial charge in [-0.25, -0.2) is 0 Å². The van der Waals surface area contributed by atoms with Crippen molar-refractivity contribution in [1.29, 1.82) is 0 Å². The van der Waals surface area contributed by atoms with Gasteiger partial charge < -0.3 is 10.4 Å². The van der Waals surface area contributed by atoms with Gasteiger partial charge in [0.25, 0.3) is 0 Å². The molecule has 16 heavy (non-hydrogen) atoms. The molecule has 0 aliphatic heterocycles. The van der Waals surface area contributed by atoms with Crippen LogP contribution in [0.1, 0.15) is 70.6 Å². The average molecular weight is 225 g/mol. The second kappa shape index (κ2) is 6.61. The van der Waals surface area contributed by atoms with E-state index in [1.54, 1.807) is 0 Å². The Labute approximate surface area is 99.8 Å². The fraction of sp³-hybridized carbons (Fsp3) is 1.00.